The Bertz CT molecular complexity index is 638. The second kappa shape index (κ2) is 3.49. The van der Waals surface area contributed by atoms with E-state index < -0.39 is 49.6 Å². The molecule has 4 fully saturated rings. The first-order chi connectivity index (χ1) is 9.57. The lowest BCUT2D eigenvalue weighted by atomic mass is 9.71. The summed E-state index contributed by atoms with van der Waals surface area (Å²) in [6.45, 7) is 0. The number of aliphatic hydroxyl groups excluding tert-OH is 1. The SMILES string of the molecule is OC1[C@@H]2C3OC3[C@@]1(O)C1C2[C@@]2(Cl)C(Cl)=C(Cl)[C@]1(Cl)C2(Cl)Cl. The van der Waals surface area contributed by atoms with Crippen LogP contribution >= 0.6 is 69.6 Å². The molecule has 0 amide bonds. The van der Waals surface area contributed by atoms with Crippen molar-refractivity contribution < 1.29 is 14.9 Å². The van der Waals surface area contributed by atoms with Crippen LogP contribution in [0, 0.1) is 17.8 Å². The number of fused-ring (bicyclic) bond motifs is 12. The summed E-state index contributed by atoms with van der Waals surface area (Å²) in [5.41, 5.74) is -1.56. The van der Waals surface area contributed by atoms with E-state index >= 15 is 0 Å². The van der Waals surface area contributed by atoms with E-state index in [4.69, 9.17) is 74.3 Å². The molecule has 3 nitrogen and oxygen atoms in total. The smallest absolute Gasteiger partial charge is 0.166 e. The maximum atomic E-state index is 11.1. The highest BCUT2D eigenvalue weighted by Crippen LogP contribution is 2.84. The summed E-state index contributed by atoms with van der Waals surface area (Å²) >= 11 is 39.0. The molecule has 5 aliphatic rings. The first-order valence-electron chi connectivity index (χ1n) is 6.45. The molecule has 1 aliphatic heterocycles. The summed E-state index contributed by atoms with van der Waals surface area (Å²) in [7, 11) is 0. The highest BCUT2D eigenvalue weighted by atomic mass is 35.5. The van der Waals surface area contributed by atoms with E-state index in [0.717, 1.165) is 0 Å². The summed E-state index contributed by atoms with van der Waals surface area (Å²) in [6, 6.07) is 0. The summed E-state index contributed by atoms with van der Waals surface area (Å²) in [4.78, 5) is -3.00. The zero-order chi connectivity index (χ0) is 15.3. The van der Waals surface area contributed by atoms with Gasteiger partial charge in [-0.15, -0.1) is 23.2 Å². The minimum absolute atomic E-state index is 0.0393. The molecule has 0 aromatic carbocycles. The molecule has 1 saturated heterocycles. The largest absolute Gasteiger partial charge is 0.390 e. The predicted molar refractivity (Wildman–Crippen MR) is 80.4 cm³/mol. The van der Waals surface area contributed by atoms with E-state index in [1.54, 1.807) is 0 Å². The maximum Gasteiger partial charge on any atom is 0.166 e. The Morgan fingerprint density at radius 3 is 2.19 bits per heavy atom. The summed E-state index contributed by atoms with van der Waals surface area (Å²) < 4.78 is 3.80. The third-order valence-electron chi connectivity index (χ3n) is 6.10. The van der Waals surface area contributed by atoms with Crippen LogP contribution in [0.2, 0.25) is 0 Å². The van der Waals surface area contributed by atoms with Gasteiger partial charge < -0.3 is 14.9 Å². The Morgan fingerprint density at radius 1 is 1.00 bits per heavy atom. The van der Waals surface area contributed by atoms with Crippen LogP contribution in [0.5, 0.6) is 0 Å². The fourth-order valence-electron chi connectivity index (χ4n) is 5.32. The zero-order valence-corrected chi connectivity index (χ0v) is 14.6. The van der Waals surface area contributed by atoms with Crippen molar-refractivity contribution in [2.45, 2.75) is 38.0 Å². The Labute approximate surface area is 150 Å². The number of halogens is 6. The molecule has 5 rings (SSSR count). The van der Waals surface area contributed by atoms with Crippen molar-refractivity contribution in [2.24, 2.45) is 17.8 Å². The molecular formula is C12H8Cl6O3. The van der Waals surface area contributed by atoms with Crippen molar-refractivity contribution in [3.63, 3.8) is 0 Å². The van der Waals surface area contributed by atoms with Crippen LogP contribution in [-0.4, -0.2) is 48.2 Å². The molecule has 4 aliphatic carbocycles. The normalized spacial score (nSPS) is 68.6. The summed E-state index contributed by atoms with van der Waals surface area (Å²) in [5.74, 6) is -1.65. The lowest BCUT2D eigenvalue weighted by Crippen LogP contribution is -2.56. The van der Waals surface area contributed by atoms with E-state index in [0.29, 0.717) is 0 Å². The van der Waals surface area contributed by atoms with E-state index in [2.05, 4.69) is 0 Å². The number of hydrogen-bond acceptors (Lipinski definition) is 3. The van der Waals surface area contributed by atoms with Crippen LogP contribution in [0.4, 0.5) is 0 Å². The van der Waals surface area contributed by atoms with Crippen molar-refractivity contribution >= 4 is 69.6 Å². The zero-order valence-electron chi connectivity index (χ0n) is 10.0. The third kappa shape index (κ3) is 1.05. The van der Waals surface area contributed by atoms with Crippen LogP contribution < -0.4 is 0 Å². The van der Waals surface area contributed by atoms with Crippen LogP contribution in [0.3, 0.4) is 0 Å². The van der Waals surface area contributed by atoms with Crippen LogP contribution in [0.25, 0.3) is 0 Å². The molecule has 9 heteroatoms. The van der Waals surface area contributed by atoms with Gasteiger partial charge in [0.05, 0.1) is 22.3 Å². The molecule has 21 heavy (non-hydrogen) atoms. The van der Waals surface area contributed by atoms with E-state index in [9.17, 15) is 10.2 Å². The standard InChI is InChI=1S/C12H8Cl6O3/c13-5-6(14)11(16)4-2(10(5,15)12(11,17)18)1-3-8(21-3)9(4,20)7(1)19/h1-4,7-8,19-20H/t1-,2?,3?,4?,7?,8?,9+,10+,11-/m0/s1. The van der Waals surface area contributed by atoms with Crippen LogP contribution in [0.15, 0.2) is 10.1 Å². The number of ether oxygens (including phenoxy) is 1. The van der Waals surface area contributed by atoms with Crippen molar-refractivity contribution in [1.82, 2.24) is 0 Å². The van der Waals surface area contributed by atoms with E-state index in [1.807, 2.05) is 0 Å². The first kappa shape index (κ1) is 14.7. The number of aliphatic hydroxyl groups is 2. The van der Waals surface area contributed by atoms with Gasteiger partial charge in [-0.25, -0.2) is 0 Å². The highest BCUT2D eigenvalue weighted by molar-refractivity contribution is 6.65. The van der Waals surface area contributed by atoms with Gasteiger partial charge in [-0.1, -0.05) is 46.4 Å². The first-order valence-corrected chi connectivity index (χ1v) is 8.71. The summed E-state index contributed by atoms with van der Waals surface area (Å²) in [5, 5.41) is 21.7. The molecule has 2 N–H and O–H groups in total. The molecule has 0 aromatic rings. The predicted octanol–water partition coefficient (Wildman–Crippen LogP) is 2.57. The van der Waals surface area contributed by atoms with Gasteiger partial charge in [0.2, 0.25) is 0 Å². The van der Waals surface area contributed by atoms with E-state index in [-0.39, 0.29) is 16.2 Å². The minimum Gasteiger partial charge on any atom is -0.390 e. The molecule has 4 bridgehead atoms. The lowest BCUT2D eigenvalue weighted by molar-refractivity contribution is -0.106. The molecule has 3 saturated carbocycles. The Balaban J connectivity index is 1.84. The molecule has 1 heterocycles. The fraction of sp³-hybridized carbons (Fsp3) is 0.833. The fourth-order valence-corrected chi connectivity index (χ4v) is 8.42. The van der Waals surface area contributed by atoms with Gasteiger partial charge in [0, 0.05) is 17.8 Å². The Morgan fingerprint density at radius 2 is 1.57 bits per heavy atom. The molecule has 0 aromatic heterocycles. The average molecular weight is 413 g/mol. The van der Waals surface area contributed by atoms with Crippen molar-refractivity contribution in [3.05, 3.63) is 10.1 Å². The van der Waals surface area contributed by atoms with Gasteiger partial charge in [-0.05, 0) is 0 Å². The Kier molecular flexibility index (Phi) is 2.44. The Hall–Kier alpha value is 1.36. The number of allylic oxidation sites excluding steroid dienone is 2. The lowest BCUT2D eigenvalue weighted by Gasteiger charge is -2.41. The van der Waals surface area contributed by atoms with Gasteiger partial charge in [-0.3, -0.25) is 0 Å². The minimum atomic E-state index is -1.68. The molecule has 9 atom stereocenters. The number of rotatable bonds is 0. The quantitative estimate of drug-likeness (QED) is 0.365. The van der Waals surface area contributed by atoms with Crippen molar-refractivity contribution in [2.75, 3.05) is 0 Å². The number of epoxide rings is 1. The van der Waals surface area contributed by atoms with E-state index in [1.165, 1.54) is 0 Å². The number of alkyl halides is 4. The number of hydrogen-bond donors (Lipinski definition) is 2. The monoisotopic (exact) mass is 410 g/mol. The summed E-state index contributed by atoms with van der Waals surface area (Å²) in [6.07, 6.45) is -1.76. The van der Waals surface area contributed by atoms with Crippen molar-refractivity contribution in [3.8, 4) is 0 Å². The molecule has 116 valence electrons. The molecular weight excluding hydrogens is 405 g/mol. The molecule has 0 spiro atoms. The molecule has 0 radical (unpaired) electrons. The second-order valence-electron chi connectivity index (χ2n) is 6.56. The van der Waals surface area contributed by atoms with Gasteiger partial charge in [0.25, 0.3) is 0 Å². The van der Waals surface area contributed by atoms with Gasteiger partial charge in [0.15, 0.2) is 4.33 Å². The average Bonchev–Trinajstić information content (AvgIpc) is 3.09. The maximum absolute atomic E-state index is 11.1. The van der Waals surface area contributed by atoms with Gasteiger partial charge in [0.1, 0.15) is 21.5 Å². The highest BCUT2D eigenvalue weighted by Gasteiger charge is 2.95. The molecule has 5 unspecified atom stereocenters. The second-order valence-corrected chi connectivity index (χ2v) is 9.84. The van der Waals surface area contributed by atoms with Gasteiger partial charge in [-0.2, -0.15) is 0 Å². The third-order valence-corrected chi connectivity index (χ3v) is 10.4. The topological polar surface area (TPSA) is 53.0 Å². The van der Waals surface area contributed by atoms with Gasteiger partial charge >= 0.3 is 0 Å². The van der Waals surface area contributed by atoms with Crippen LogP contribution in [0.1, 0.15) is 0 Å². The van der Waals surface area contributed by atoms with Crippen molar-refractivity contribution in [1.29, 1.82) is 0 Å². The van der Waals surface area contributed by atoms with Crippen LogP contribution in [-0.2, 0) is 4.74 Å².